The molecule has 0 amide bonds. The molecule has 0 heterocycles. The molecule has 0 radical (unpaired) electrons. The van der Waals surface area contributed by atoms with Gasteiger partial charge in [0.25, 0.3) is 0 Å². The SMILES string of the molecule is N#Cc1cc(C#N)cc(-c2cccc3cc4ccccc4cc23)c1. The second-order valence-corrected chi connectivity index (χ2v) is 5.75. The van der Waals surface area contributed by atoms with Crippen LogP contribution < -0.4 is 0 Å². The lowest BCUT2D eigenvalue weighted by Gasteiger charge is -2.09. The lowest BCUT2D eigenvalue weighted by Crippen LogP contribution is -1.86. The fourth-order valence-corrected chi connectivity index (χ4v) is 3.13. The van der Waals surface area contributed by atoms with E-state index < -0.39 is 0 Å². The van der Waals surface area contributed by atoms with E-state index in [0.717, 1.165) is 21.9 Å². The molecule has 24 heavy (non-hydrogen) atoms. The number of benzene rings is 4. The first-order valence-corrected chi connectivity index (χ1v) is 7.66. The van der Waals surface area contributed by atoms with Gasteiger partial charge in [0, 0.05) is 0 Å². The van der Waals surface area contributed by atoms with E-state index in [2.05, 4.69) is 42.5 Å². The summed E-state index contributed by atoms with van der Waals surface area (Å²) in [6, 6.07) is 28.3. The lowest BCUT2D eigenvalue weighted by molar-refractivity contribution is 1.45. The van der Waals surface area contributed by atoms with Crippen molar-refractivity contribution in [1.29, 1.82) is 10.5 Å². The zero-order valence-electron chi connectivity index (χ0n) is 12.8. The summed E-state index contributed by atoms with van der Waals surface area (Å²) in [7, 11) is 0. The second kappa shape index (κ2) is 5.54. The van der Waals surface area contributed by atoms with Gasteiger partial charge in [0.15, 0.2) is 0 Å². The maximum absolute atomic E-state index is 9.22. The van der Waals surface area contributed by atoms with E-state index in [1.807, 2.05) is 36.4 Å². The molecule has 0 aliphatic heterocycles. The first kappa shape index (κ1) is 14.0. The summed E-state index contributed by atoms with van der Waals surface area (Å²) < 4.78 is 0. The minimum absolute atomic E-state index is 0.502. The highest BCUT2D eigenvalue weighted by molar-refractivity contribution is 6.05. The van der Waals surface area contributed by atoms with Crippen LogP contribution >= 0.6 is 0 Å². The summed E-state index contributed by atoms with van der Waals surface area (Å²) in [5.74, 6) is 0. The molecule has 0 saturated carbocycles. The van der Waals surface area contributed by atoms with E-state index >= 15 is 0 Å². The zero-order chi connectivity index (χ0) is 16.5. The number of rotatable bonds is 1. The van der Waals surface area contributed by atoms with Gasteiger partial charge in [0.2, 0.25) is 0 Å². The Kier molecular flexibility index (Phi) is 3.23. The summed E-state index contributed by atoms with van der Waals surface area (Å²) in [5, 5.41) is 23.1. The van der Waals surface area contributed by atoms with Crippen LogP contribution in [0.25, 0.3) is 32.7 Å². The summed E-state index contributed by atoms with van der Waals surface area (Å²) in [5.41, 5.74) is 2.93. The largest absolute Gasteiger partial charge is 0.192 e. The molecule has 0 aromatic heterocycles. The molecule has 110 valence electrons. The Morgan fingerprint density at radius 1 is 0.583 bits per heavy atom. The van der Waals surface area contributed by atoms with Crippen molar-refractivity contribution >= 4 is 21.5 Å². The molecule has 0 N–H and O–H groups in total. The van der Waals surface area contributed by atoms with Crippen molar-refractivity contribution < 1.29 is 0 Å². The van der Waals surface area contributed by atoms with E-state index in [0.29, 0.717) is 11.1 Å². The second-order valence-electron chi connectivity index (χ2n) is 5.75. The summed E-state index contributed by atoms with van der Waals surface area (Å²) >= 11 is 0. The number of hydrogen-bond acceptors (Lipinski definition) is 2. The van der Waals surface area contributed by atoms with E-state index in [9.17, 15) is 10.5 Å². The Morgan fingerprint density at radius 3 is 1.88 bits per heavy atom. The van der Waals surface area contributed by atoms with Gasteiger partial charge in [-0.2, -0.15) is 10.5 Å². The molecular formula is C22H12N2. The quantitative estimate of drug-likeness (QED) is 0.442. The predicted octanol–water partition coefficient (Wildman–Crippen LogP) is 5.40. The fourth-order valence-electron chi connectivity index (χ4n) is 3.13. The smallest absolute Gasteiger partial charge is 0.0992 e. The summed E-state index contributed by atoms with van der Waals surface area (Å²) in [6.07, 6.45) is 0. The first-order chi connectivity index (χ1) is 11.8. The van der Waals surface area contributed by atoms with Crippen LogP contribution in [0.15, 0.2) is 72.8 Å². The van der Waals surface area contributed by atoms with E-state index in [1.165, 1.54) is 10.8 Å². The van der Waals surface area contributed by atoms with Crippen molar-refractivity contribution in [3.8, 4) is 23.3 Å². The molecule has 0 aliphatic rings. The van der Waals surface area contributed by atoms with Crippen molar-refractivity contribution in [3.63, 3.8) is 0 Å². The van der Waals surface area contributed by atoms with Gasteiger partial charge >= 0.3 is 0 Å². The third-order valence-corrected chi connectivity index (χ3v) is 4.25. The van der Waals surface area contributed by atoms with Gasteiger partial charge in [-0.3, -0.25) is 0 Å². The number of fused-ring (bicyclic) bond motifs is 2. The first-order valence-electron chi connectivity index (χ1n) is 7.66. The van der Waals surface area contributed by atoms with E-state index in [1.54, 1.807) is 6.07 Å². The minimum atomic E-state index is 0.502. The number of nitriles is 2. The van der Waals surface area contributed by atoms with Gasteiger partial charge in [0.1, 0.15) is 0 Å². The van der Waals surface area contributed by atoms with Crippen molar-refractivity contribution in [2.75, 3.05) is 0 Å². The van der Waals surface area contributed by atoms with Crippen molar-refractivity contribution in [2.45, 2.75) is 0 Å². The van der Waals surface area contributed by atoms with Gasteiger partial charge in [-0.05, 0) is 63.0 Å². The lowest BCUT2D eigenvalue weighted by atomic mass is 9.94. The normalized spacial score (nSPS) is 10.4. The van der Waals surface area contributed by atoms with Gasteiger partial charge < -0.3 is 0 Å². The predicted molar refractivity (Wildman–Crippen MR) is 96.3 cm³/mol. The van der Waals surface area contributed by atoms with Crippen LogP contribution in [0.5, 0.6) is 0 Å². The highest BCUT2D eigenvalue weighted by Crippen LogP contribution is 2.32. The Bertz CT molecular complexity index is 1140. The average molecular weight is 304 g/mol. The van der Waals surface area contributed by atoms with Gasteiger partial charge in [0.05, 0.1) is 23.3 Å². The number of nitrogens with zero attached hydrogens (tertiary/aromatic N) is 2. The molecule has 4 aromatic rings. The van der Waals surface area contributed by atoms with Crippen LogP contribution in [0.4, 0.5) is 0 Å². The maximum atomic E-state index is 9.22. The molecule has 0 unspecified atom stereocenters. The molecule has 0 aliphatic carbocycles. The van der Waals surface area contributed by atoms with Crippen molar-refractivity contribution in [1.82, 2.24) is 0 Å². The zero-order valence-corrected chi connectivity index (χ0v) is 12.8. The molecule has 0 saturated heterocycles. The van der Waals surface area contributed by atoms with Gasteiger partial charge in [-0.15, -0.1) is 0 Å². The molecule has 4 rings (SSSR count). The maximum Gasteiger partial charge on any atom is 0.0992 e. The Labute approximate surface area is 139 Å². The third-order valence-electron chi connectivity index (χ3n) is 4.25. The summed E-state index contributed by atoms with van der Waals surface area (Å²) in [6.45, 7) is 0. The number of hydrogen-bond donors (Lipinski definition) is 0. The third kappa shape index (κ3) is 2.28. The van der Waals surface area contributed by atoms with Gasteiger partial charge in [-0.1, -0.05) is 42.5 Å². The van der Waals surface area contributed by atoms with E-state index in [-0.39, 0.29) is 0 Å². The van der Waals surface area contributed by atoms with Crippen molar-refractivity contribution in [2.24, 2.45) is 0 Å². The van der Waals surface area contributed by atoms with Crippen LogP contribution in [0.3, 0.4) is 0 Å². The molecule has 2 heteroatoms. The summed E-state index contributed by atoms with van der Waals surface area (Å²) in [4.78, 5) is 0. The average Bonchev–Trinajstić information content (AvgIpc) is 2.65. The Hall–Kier alpha value is -3.62. The van der Waals surface area contributed by atoms with Crippen molar-refractivity contribution in [3.05, 3.63) is 83.9 Å². The van der Waals surface area contributed by atoms with Crippen LogP contribution in [-0.4, -0.2) is 0 Å². The van der Waals surface area contributed by atoms with Crippen LogP contribution in [0, 0.1) is 22.7 Å². The standard InChI is InChI=1S/C22H12N2/c23-13-15-8-16(14-24)10-20(9-15)21-7-3-6-19-11-17-4-1-2-5-18(17)12-22(19)21/h1-12H. The van der Waals surface area contributed by atoms with Crippen LogP contribution in [0.1, 0.15) is 11.1 Å². The van der Waals surface area contributed by atoms with E-state index in [4.69, 9.17) is 0 Å². The van der Waals surface area contributed by atoms with Gasteiger partial charge in [-0.25, -0.2) is 0 Å². The monoisotopic (exact) mass is 304 g/mol. The highest BCUT2D eigenvalue weighted by Gasteiger charge is 2.08. The fraction of sp³-hybridized carbons (Fsp3) is 0. The molecule has 0 bridgehead atoms. The highest BCUT2D eigenvalue weighted by atomic mass is 14.3. The topological polar surface area (TPSA) is 47.6 Å². The minimum Gasteiger partial charge on any atom is -0.192 e. The molecular weight excluding hydrogens is 292 g/mol. The molecule has 2 nitrogen and oxygen atoms in total. The molecule has 4 aromatic carbocycles. The van der Waals surface area contributed by atoms with Crippen LogP contribution in [0.2, 0.25) is 0 Å². The Balaban J connectivity index is 2.06. The molecule has 0 fully saturated rings. The molecule has 0 spiro atoms. The Morgan fingerprint density at radius 2 is 1.21 bits per heavy atom. The molecule has 0 atom stereocenters. The van der Waals surface area contributed by atoms with Crippen LogP contribution in [-0.2, 0) is 0 Å².